The SMILES string of the molecule is C=CO[P+](=O)OCC/C=C\CCCCC. The first-order chi connectivity index (χ1) is 7.31. The van der Waals surface area contributed by atoms with Crippen molar-refractivity contribution in [2.24, 2.45) is 0 Å². The van der Waals surface area contributed by atoms with Crippen LogP contribution in [0.1, 0.15) is 39.0 Å². The smallest absolute Gasteiger partial charge is 0.238 e. The van der Waals surface area contributed by atoms with E-state index in [-0.39, 0.29) is 0 Å². The van der Waals surface area contributed by atoms with Crippen molar-refractivity contribution in [3.63, 3.8) is 0 Å². The molecule has 1 unspecified atom stereocenters. The van der Waals surface area contributed by atoms with Crippen molar-refractivity contribution in [3.05, 3.63) is 25.0 Å². The fourth-order valence-electron chi connectivity index (χ4n) is 1.03. The molecule has 0 bridgehead atoms. The lowest BCUT2D eigenvalue weighted by Crippen LogP contribution is -1.84. The van der Waals surface area contributed by atoms with Crippen molar-refractivity contribution in [2.75, 3.05) is 6.61 Å². The van der Waals surface area contributed by atoms with Crippen LogP contribution in [0.25, 0.3) is 0 Å². The Morgan fingerprint density at radius 1 is 1.27 bits per heavy atom. The molecule has 0 radical (unpaired) electrons. The van der Waals surface area contributed by atoms with E-state index in [2.05, 4.69) is 24.1 Å². The summed E-state index contributed by atoms with van der Waals surface area (Å²) in [5.74, 6) is 0. The van der Waals surface area contributed by atoms with Gasteiger partial charge in [-0.05, 0) is 19.3 Å². The molecule has 0 aromatic rings. The van der Waals surface area contributed by atoms with Gasteiger partial charge in [0.2, 0.25) is 0 Å². The molecule has 0 aromatic heterocycles. The van der Waals surface area contributed by atoms with Crippen molar-refractivity contribution >= 4 is 8.25 Å². The number of unbranched alkanes of at least 4 members (excludes halogenated alkanes) is 3. The minimum atomic E-state index is -2.01. The van der Waals surface area contributed by atoms with Crippen LogP contribution in [0.2, 0.25) is 0 Å². The lowest BCUT2D eigenvalue weighted by atomic mass is 10.2. The van der Waals surface area contributed by atoms with Gasteiger partial charge in [0.15, 0.2) is 0 Å². The molecule has 0 fully saturated rings. The highest BCUT2D eigenvalue weighted by atomic mass is 31.1. The van der Waals surface area contributed by atoms with Gasteiger partial charge < -0.3 is 0 Å². The van der Waals surface area contributed by atoms with Gasteiger partial charge >= 0.3 is 8.25 Å². The van der Waals surface area contributed by atoms with Crippen LogP contribution in [-0.2, 0) is 13.6 Å². The van der Waals surface area contributed by atoms with Crippen molar-refractivity contribution in [3.8, 4) is 0 Å². The molecule has 0 aliphatic heterocycles. The summed E-state index contributed by atoms with van der Waals surface area (Å²) in [6.45, 7) is 5.90. The van der Waals surface area contributed by atoms with Gasteiger partial charge in [-0.3, -0.25) is 0 Å². The van der Waals surface area contributed by atoms with Crippen LogP contribution in [0.5, 0.6) is 0 Å². The standard InChI is InChI=1S/C11H20O3P/c1-3-5-6-7-8-9-10-11-14-15(12)13-4-2/h4,8-9H,2-3,5-7,10-11H2,1H3/q+1/b9-8-. The van der Waals surface area contributed by atoms with Gasteiger partial charge in [0.1, 0.15) is 12.9 Å². The highest BCUT2D eigenvalue weighted by Gasteiger charge is 2.16. The molecule has 0 spiro atoms. The molecule has 0 heterocycles. The molecule has 4 heteroatoms. The quantitative estimate of drug-likeness (QED) is 0.243. The van der Waals surface area contributed by atoms with E-state index in [9.17, 15) is 4.57 Å². The fraction of sp³-hybridized carbons (Fsp3) is 0.636. The fourth-order valence-corrected chi connectivity index (χ4v) is 1.47. The van der Waals surface area contributed by atoms with Crippen LogP contribution in [0.15, 0.2) is 25.0 Å². The van der Waals surface area contributed by atoms with Gasteiger partial charge in [-0.25, -0.2) is 4.52 Å². The summed E-state index contributed by atoms with van der Waals surface area (Å²) in [6.07, 6.45) is 11.0. The van der Waals surface area contributed by atoms with E-state index in [0.29, 0.717) is 6.61 Å². The molecule has 86 valence electrons. The largest absolute Gasteiger partial charge is 0.749 e. The minimum Gasteiger partial charge on any atom is -0.238 e. The van der Waals surface area contributed by atoms with Crippen LogP contribution >= 0.6 is 8.25 Å². The molecule has 1 atom stereocenters. The van der Waals surface area contributed by atoms with E-state index >= 15 is 0 Å². The van der Waals surface area contributed by atoms with Crippen molar-refractivity contribution in [1.82, 2.24) is 0 Å². The second-order valence-electron chi connectivity index (χ2n) is 3.08. The summed E-state index contributed by atoms with van der Waals surface area (Å²) < 4.78 is 20.2. The van der Waals surface area contributed by atoms with Gasteiger partial charge in [-0.15, -0.1) is 4.52 Å². The van der Waals surface area contributed by atoms with Crippen molar-refractivity contribution in [1.29, 1.82) is 0 Å². The first-order valence-corrected chi connectivity index (χ1v) is 6.43. The van der Waals surface area contributed by atoms with Crippen LogP contribution in [0.4, 0.5) is 0 Å². The molecule has 0 aromatic carbocycles. The highest BCUT2D eigenvalue weighted by molar-refractivity contribution is 7.33. The molecule has 0 saturated carbocycles. The number of hydrogen-bond donors (Lipinski definition) is 0. The monoisotopic (exact) mass is 231 g/mol. The summed E-state index contributed by atoms with van der Waals surface area (Å²) in [6, 6.07) is 0. The third-order valence-electron chi connectivity index (χ3n) is 1.78. The zero-order valence-electron chi connectivity index (χ0n) is 9.35. The van der Waals surface area contributed by atoms with Gasteiger partial charge in [0, 0.05) is 4.57 Å². The average Bonchev–Trinajstić information content (AvgIpc) is 2.22. The summed E-state index contributed by atoms with van der Waals surface area (Å²) in [5, 5.41) is 0. The van der Waals surface area contributed by atoms with Crippen molar-refractivity contribution < 1.29 is 13.6 Å². The predicted molar refractivity (Wildman–Crippen MR) is 62.7 cm³/mol. The topological polar surface area (TPSA) is 35.5 Å². The molecule has 0 saturated heterocycles. The highest BCUT2D eigenvalue weighted by Crippen LogP contribution is 2.23. The normalized spacial score (nSPS) is 11.7. The maximum atomic E-state index is 10.8. The van der Waals surface area contributed by atoms with E-state index in [1.54, 1.807) is 0 Å². The average molecular weight is 231 g/mol. The van der Waals surface area contributed by atoms with E-state index in [4.69, 9.17) is 4.52 Å². The molecular weight excluding hydrogens is 211 g/mol. The maximum Gasteiger partial charge on any atom is 0.749 e. The van der Waals surface area contributed by atoms with Crippen LogP contribution in [-0.4, -0.2) is 6.61 Å². The Hall–Kier alpha value is -0.660. The summed E-state index contributed by atoms with van der Waals surface area (Å²) in [5.41, 5.74) is 0. The third-order valence-corrected chi connectivity index (χ3v) is 2.50. The number of hydrogen-bond acceptors (Lipinski definition) is 3. The Morgan fingerprint density at radius 2 is 2.00 bits per heavy atom. The Labute approximate surface area is 93.1 Å². The molecule has 0 aliphatic carbocycles. The summed E-state index contributed by atoms with van der Waals surface area (Å²) in [7, 11) is -2.01. The summed E-state index contributed by atoms with van der Waals surface area (Å²) >= 11 is 0. The van der Waals surface area contributed by atoms with E-state index in [0.717, 1.165) is 19.1 Å². The Morgan fingerprint density at radius 3 is 2.67 bits per heavy atom. The number of rotatable bonds is 10. The van der Waals surface area contributed by atoms with Crippen LogP contribution in [0, 0.1) is 0 Å². The van der Waals surface area contributed by atoms with Crippen molar-refractivity contribution in [2.45, 2.75) is 39.0 Å². The van der Waals surface area contributed by atoms with Gasteiger partial charge in [0.05, 0.1) is 0 Å². The Bertz CT molecular complexity index is 202. The Kier molecular flexibility index (Phi) is 10.9. The van der Waals surface area contributed by atoms with E-state index in [1.165, 1.54) is 19.3 Å². The van der Waals surface area contributed by atoms with Crippen LogP contribution < -0.4 is 0 Å². The lowest BCUT2D eigenvalue weighted by molar-refractivity contribution is 0.277. The lowest BCUT2D eigenvalue weighted by Gasteiger charge is -1.91. The first kappa shape index (κ1) is 14.3. The van der Waals surface area contributed by atoms with Gasteiger partial charge in [-0.2, -0.15) is 0 Å². The predicted octanol–water partition coefficient (Wildman–Crippen LogP) is 4.35. The molecule has 15 heavy (non-hydrogen) atoms. The molecule has 3 nitrogen and oxygen atoms in total. The third kappa shape index (κ3) is 11.3. The molecule has 0 aliphatic rings. The summed E-state index contributed by atoms with van der Waals surface area (Å²) in [4.78, 5) is 0. The molecule has 0 N–H and O–H groups in total. The second-order valence-corrected chi connectivity index (χ2v) is 4.00. The molecule has 0 rings (SSSR count). The molecular formula is C11H20O3P+. The van der Waals surface area contributed by atoms with E-state index in [1.807, 2.05) is 6.08 Å². The number of allylic oxidation sites excluding steroid dienone is 1. The zero-order chi connectivity index (χ0) is 11.4. The van der Waals surface area contributed by atoms with E-state index < -0.39 is 8.25 Å². The first-order valence-electron chi connectivity index (χ1n) is 5.34. The maximum absolute atomic E-state index is 10.8. The van der Waals surface area contributed by atoms with Gasteiger partial charge in [0.25, 0.3) is 0 Å². The second kappa shape index (κ2) is 11.4. The minimum absolute atomic E-state index is 0.424. The zero-order valence-corrected chi connectivity index (χ0v) is 10.2. The van der Waals surface area contributed by atoms with Gasteiger partial charge in [-0.1, -0.05) is 38.5 Å². The molecule has 0 amide bonds. The van der Waals surface area contributed by atoms with Crippen LogP contribution in [0.3, 0.4) is 0 Å². The Balaban J connectivity index is 3.22.